The number of rotatable bonds is 4. The lowest BCUT2D eigenvalue weighted by Crippen LogP contribution is -2.08. The van der Waals surface area contributed by atoms with E-state index in [4.69, 9.17) is 0 Å². The van der Waals surface area contributed by atoms with Crippen LogP contribution in [0.3, 0.4) is 0 Å². The number of anilines is 1. The molecule has 0 bridgehead atoms. The van der Waals surface area contributed by atoms with Gasteiger partial charge in [0.15, 0.2) is 0 Å². The lowest BCUT2D eigenvalue weighted by atomic mass is 10.0. The van der Waals surface area contributed by atoms with E-state index in [1.807, 2.05) is 39.0 Å². The first-order chi connectivity index (χ1) is 10.3. The highest BCUT2D eigenvalue weighted by molar-refractivity contribution is 9.10. The van der Waals surface area contributed by atoms with Crippen molar-refractivity contribution in [2.75, 3.05) is 4.72 Å². The quantitative estimate of drug-likeness (QED) is 0.829. The molecule has 2 rings (SSSR count). The lowest BCUT2D eigenvalue weighted by Gasteiger charge is -2.08. The summed E-state index contributed by atoms with van der Waals surface area (Å²) in [6, 6.07) is 11.1. The standard InChI is InChI=1S/C17H18BrNO2S/c1-12-9-13(2)17(14(3)10-12)7-8-22(20,21)19-16-6-4-5-15(18)11-16/h4-11,19H,1-3H3/b8-7+. The predicted molar refractivity (Wildman–Crippen MR) is 96.4 cm³/mol. The molecule has 0 unspecified atom stereocenters. The monoisotopic (exact) mass is 379 g/mol. The molecule has 116 valence electrons. The molecule has 0 aliphatic rings. The first-order valence-electron chi connectivity index (χ1n) is 6.81. The summed E-state index contributed by atoms with van der Waals surface area (Å²) in [7, 11) is -3.54. The molecule has 2 aromatic rings. The molecule has 0 amide bonds. The van der Waals surface area contributed by atoms with Crippen LogP contribution in [0.25, 0.3) is 6.08 Å². The number of hydrogen-bond acceptors (Lipinski definition) is 2. The molecule has 2 aromatic carbocycles. The Kier molecular flexibility index (Phi) is 5.08. The fraction of sp³-hybridized carbons (Fsp3) is 0.176. The van der Waals surface area contributed by atoms with Gasteiger partial charge in [0.2, 0.25) is 0 Å². The van der Waals surface area contributed by atoms with E-state index in [9.17, 15) is 8.42 Å². The van der Waals surface area contributed by atoms with E-state index in [1.165, 1.54) is 11.0 Å². The zero-order chi connectivity index (χ0) is 16.3. The van der Waals surface area contributed by atoms with E-state index < -0.39 is 10.0 Å². The maximum Gasteiger partial charge on any atom is 0.255 e. The highest BCUT2D eigenvalue weighted by atomic mass is 79.9. The van der Waals surface area contributed by atoms with Crippen molar-refractivity contribution in [1.29, 1.82) is 0 Å². The van der Waals surface area contributed by atoms with Crippen LogP contribution < -0.4 is 4.72 Å². The van der Waals surface area contributed by atoms with Crippen molar-refractivity contribution < 1.29 is 8.42 Å². The molecular weight excluding hydrogens is 362 g/mol. The molecule has 22 heavy (non-hydrogen) atoms. The minimum absolute atomic E-state index is 0.524. The Morgan fingerprint density at radius 1 is 1.05 bits per heavy atom. The van der Waals surface area contributed by atoms with Crippen LogP contribution in [0, 0.1) is 20.8 Å². The number of aryl methyl sites for hydroxylation is 3. The molecule has 5 heteroatoms. The van der Waals surface area contributed by atoms with E-state index in [2.05, 4.69) is 20.7 Å². The van der Waals surface area contributed by atoms with Crippen molar-refractivity contribution in [3.05, 3.63) is 68.5 Å². The molecule has 0 atom stereocenters. The smallest absolute Gasteiger partial charge is 0.255 e. The van der Waals surface area contributed by atoms with Gasteiger partial charge in [-0.25, -0.2) is 8.42 Å². The predicted octanol–water partition coefficient (Wildman–Crippen LogP) is 4.79. The minimum Gasteiger partial charge on any atom is -0.280 e. The second kappa shape index (κ2) is 6.67. The van der Waals surface area contributed by atoms with Crippen LogP contribution in [-0.4, -0.2) is 8.42 Å². The van der Waals surface area contributed by atoms with Crippen LogP contribution in [-0.2, 0) is 10.0 Å². The van der Waals surface area contributed by atoms with Crippen molar-refractivity contribution in [2.24, 2.45) is 0 Å². The third kappa shape index (κ3) is 4.45. The highest BCUT2D eigenvalue weighted by Crippen LogP contribution is 2.20. The number of sulfonamides is 1. The van der Waals surface area contributed by atoms with E-state index in [-0.39, 0.29) is 0 Å². The van der Waals surface area contributed by atoms with Crippen molar-refractivity contribution >= 4 is 37.7 Å². The molecule has 0 aromatic heterocycles. The van der Waals surface area contributed by atoms with Gasteiger partial charge in [0.05, 0.1) is 5.41 Å². The molecule has 0 heterocycles. The molecule has 0 aliphatic carbocycles. The Labute approximate surface area is 140 Å². The maximum atomic E-state index is 12.2. The van der Waals surface area contributed by atoms with Gasteiger partial charge in [-0.05, 0) is 61.7 Å². The largest absolute Gasteiger partial charge is 0.280 e. The van der Waals surface area contributed by atoms with Crippen molar-refractivity contribution in [3.63, 3.8) is 0 Å². The van der Waals surface area contributed by atoms with Gasteiger partial charge < -0.3 is 0 Å². The Balaban J connectivity index is 2.25. The molecule has 0 saturated carbocycles. The van der Waals surface area contributed by atoms with E-state index in [0.717, 1.165) is 21.2 Å². The van der Waals surface area contributed by atoms with E-state index in [1.54, 1.807) is 24.3 Å². The number of benzene rings is 2. The Morgan fingerprint density at radius 2 is 1.68 bits per heavy atom. The van der Waals surface area contributed by atoms with Crippen LogP contribution in [0.2, 0.25) is 0 Å². The Hall–Kier alpha value is -1.59. The van der Waals surface area contributed by atoms with Crippen molar-refractivity contribution in [1.82, 2.24) is 0 Å². The fourth-order valence-corrected chi connectivity index (χ4v) is 3.60. The topological polar surface area (TPSA) is 46.2 Å². The van der Waals surface area contributed by atoms with E-state index >= 15 is 0 Å². The fourth-order valence-electron chi connectivity index (χ4n) is 2.36. The van der Waals surface area contributed by atoms with Gasteiger partial charge >= 0.3 is 0 Å². The highest BCUT2D eigenvalue weighted by Gasteiger charge is 2.07. The Bertz CT molecular complexity index is 803. The molecule has 0 spiro atoms. The summed E-state index contributed by atoms with van der Waals surface area (Å²) in [6.45, 7) is 5.99. The molecule has 0 saturated heterocycles. The number of halogens is 1. The van der Waals surface area contributed by atoms with Crippen LogP contribution in [0.5, 0.6) is 0 Å². The van der Waals surface area contributed by atoms with Crippen LogP contribution in [0.4, 0.5) is 5.69 Å². The lowest BCUT2D eigenvalue weighted by molar-refractivity contribution is 0.609. The van der Waals surface area contributed by atoms with Gasteiger partial charge in [0.25, 0.3) is 10.0 Å². The second-order valence-electron chi connectivity index (χ2n) is 5.27. The van der Waals surface area contributed by atoms with Crippen molar-refractivity contribution in [3.8, 4) is 0 Å². The van der Waals surface area contributed by atoms with Gasteiger partial charge in [-0.3, -0.25) is 4.72 Å². The second-order valence-corrected chi connectivity index (χ2v) is 7.75. The average Bonchev–Trinajstić information content (AvgIpc) is 2.36. The van der Waals surface area contributed by atoms with Crippen LogP contribution in [0.1, 0.15) is 22.3 Å². The zero-order valence-electron chi connectivity index (χ0n) is 12.7. The summed E-state index contributed by atoms with van der Waals surface area (Å²) in [5.41, 5.74) is 4.75. The van der Waals surface area contributed by atoms with Gasteiger partial charge in [0.1, 0.15) is 0 Å². The summed E-state index contributed by atoms with van der Waals surface area (Å²) in [5.74, 6) is 0. The summed E-state index contributed by atoms with van der Waals surface area (Å²) < 4.78 is 27.7. The number of hydrogen-bond donors (Lipinski definition) is 1. The molecule has 0 fully saturated rings. The van der Waals surface area contributed by atoms with Crippen molar-refractivity contribution in [2.45, 2.75) is 20.8 Å². The van der Waals surface area contributed by atoms with Crippen LogP contribution >= 0.6 is 15.9 Å². The third-order valence-corrected chi connectivity index (χ3v) is 4.74. The summed E-state index contributed by atoms with van der Waals surface area (Å²) in [4.78, 5) is 0. The summed E-state index contributed by atoms with van der Waals surface area (Å²) in [6.07, 6.45) is 1.64. The number of nitrogens with one attached hydrogen (secondary N) is 1. The summed E-state index contributed by atoms with van der Waals surface area (Å²) >= 11 is 3.32. The Morgan fingerprint density at radius 3 is 2.27 bits per heavy atom. The van der Waals surface area contributed by atoms with Gasteiger partial charge in [-0.2, -0.15) is 0 Å². The first-order valence-corrected chi connectivity index (χ1v) is 9.15. The molecule has 3 nitrogen and oxygen atoms in total. The SMILES string of the molecule is Cc1cc(C)c(/C=C/S(=O)(=O)Nc2cccc(Br)c2)c(C)c1. The molecular formula is C17H18BrNO2S. The van der Waals surface area contributed by atoms with Gasteiger partial charge in [0, 0.05) is 10.2 Å². The van der Waals surface area contributed by atoms with Gasteiger partial charge in [-0.15, -0.1) is 0 Å². The normalized spacial score (nSPS) is 11.8. The van der Waals surface area contributed by atoms with Crippen LogP contribution in [0.15, 0.2) is 46.3 Å². The molecule has 0 aliphatic heterocycles. The summed E-state index contributed by atoms with van der Waals surface area (Å²) in [5, 5.41) is 1.21. The maximum absolute atomic E-state index is 12.2. The molecule has 0 radical (unpaired) electrons. The first kappa shape index (κ1) is 16.8. The third-order valence-electron chi connectivity index (χ3n) is 3.24. The zero-order valence-corrected chi connectivity index (χ0v) is 15.1. The minimum atomic E-state index is -3.54. The molecule has 1 N–H and O–H groups in total. The van der Waals surface area contributed by atoms with E-state index in [0.29, 0.717) is 5.69 Å². The average molecular weight is 380 g/mol. The van der Waals surface area contributed by atoms with Gasteiger partial charge in [-0.1, -0.05) is 39.7 Å².